The predicted molar refractivity (Wildman–Crippen MR) is 106 cm³/mol. The number of thiophene rings is 1. The van der Waals surface area contributed by atoms with Gasteiger partial charge in [0.2, 0.25) is 0 Å². The Morgan fingerprint density at radius 2 is 1.73 bits per heavy atom. The number of phenols is 1. The van der Waals surface area contributed by atoms with E-state index in [2.05, 4.69) is 22.2 Å². The van der Waals surface area contributed by atoms with Crippen molar-refractivity contribution in [3.63, 3.8) is 0 Å². The van der Waals surface area contributed by atoms with Crippen molar-refractivity contribution >= 4 is 33.1 Å². The average molecular weight is 363 g/mol. The summed E-state index contributed by atoms with van der Waals surface area (Å²) in [6.07, 6.45) is 1.57. The molecule has 0 fully saturated rings. The van der Waals surface area contributed by atoms with Crippen LogP contribution in [0.25, 0.3) is 21.3 Å². The molecule has 2 aromatic carbocycles. The van der Waals surface area contributed by atoms with E-state index in [1.54, 1.807) is 36.9 Å². The molecule has 0 saturated heterocycles. The van der Waals surface area contributed by atoms with Gasteiger partial charge in [0.1, 0.15) is 28.5 Å². The van der Waals surface area contributed by atoms with Crippen LogP contribution in [0, 0.1) is 6.92 Å². The van der Waals surface area contributed by atoms with Gasteiger partial charge in [0.25, 0.3) is 0 Å². The number of rotatable bonds is 4. The number of hydrogen-bond acceptors (Lipinski definition) is 6. The van der Waals surface area contributed by atoms with Gasteiger partial charge in [-0.2, -0.15) is 0 Å². The second kappa shape index (κ2) is 6.65. The highest BCUT2D eigenvalue weighted by atomic mass is 32.1. The van der Waals surface area contributed by atoms with Crippen molar-refractivity contribution in [1.29, 1.82) is 0 Å². The maximum atomic E-state index is 9.47. The van der Waals surface area contributed by atoms with Crippen LogP contribution < -0.4 is 10.1 Å². The Bertz CT molecular complexity index is 1060. The fourth-order valence-electron chi connectivity index (χ4n) is 2.93. The van der Waals surface area contributed by atoms with E-state index >= 15 is 0 Å². The van der Waals surface area contributed by atoms with Gasteiger partial charge >= 0.3 is 0 Å². The lowest BCUT2D eigenvalue weighted by atomic mass is 10.0. The van der Waals surface area contributed by atoms with Crippen molar-refractivity contribution in [3.05, 3.63) is 59.7 Å². The second-order valence-electron chi connectivity index (χ2n) is 5.84. The number of ether oxygens (including phenoxy) is 1. The molecule has 0 aliphatic carbocycles. The van der Waals surface area contributed by atoms with Crippen LogP contribution in [0.4, 0.5) is 11.5 Å². The van der Waals surface area contributed by atoms with Gasteiger partial charge in [-0.3, -0.25) is 0 Å². The molecule has 0 unspecified atom stereocenters. The Morgan fingerprint density at radius 3 is 2.42 bits per heavy atom. The number of methoxy groups -OCH3 is 1. The van der Waals surface area contributed by atoms with E-state index in [0.717, 1.165) is 38.6 Å². The van der Waals surface area contributed by atoms with Crippen molar-refractivity contribution in [1.82, 2.24) is 9.97 Å². The molecular weight excluding hydrogens is 346 g/mol. The standard InChI is InChI=1S/C20H17N3O2S/c1-12-17(13-3-9-16(25-2)10-4-13)18-19(21-11-22-20(18)26-12)23-14-5-7-15(24)8-6-14/h3-11,24H,1-2H3,(H,21,22,23). The van der Waals surface area contributed by atoms with Gasteiger partial charge in [-0.15, -0.1) is 11.3 Å². The van der Waals surface area contributed by atoms with Gasteiger partial charge in [0.15, 0.2) is 0 Å². The van der Waals surface area contributed by atoms with Crippen molar-refractivity contribution in [3.8, 4) is 22.6 Å². The molecule has 0 bridgehead atoms. The average Bonchev–Trinajstić information content (AvgIpc) is 3.00. The Balaban J connectivity index is 1.84. The third-order valence-corrected chi connectivity index (χ3v) is 5.19. The first kappa shape index (κ1) is 16.4. The number of nitrogens with one attached hydrogen (secondary N) is 1. The quantitative estimate of drug-likeness (QED) is 0.492. The molecule has 0 aliphatic rings. The van der Waals surface area contributed by atoms with Crippen molar-refractivity contribution in [2.24, 2.45) is 0 Å². The van der Waals surface area contributed by atoms with E-state index in [4.69, 9.17) is 4.74 Å². The largest absolute Gasteiger partial charge is 0.508 e. The van der Waals surface area contributed by atoms with Crippen LogP contribution in [0.1, 0.15) is 4.88 Å². The molecule has 6 heteroatoms. The van der Waals surface area contributed by atoms with Crippen molar-refractivity contribution in [2.75, 3.05) is 12.4 Å². The first-order valence-electron chi connectivity index (χ1n) is 8.10. The summed E-state index contributed by atoms with van der Waals surface area (Å²) in [6, 6.07) is 14.9. The van der Waals surface area contributed by atoms with Gasteiger partial charge in [0.05, 0.1) is 12.5 Å². The normalized spacial score (nSPS) is 10.8. The van der Waals surface area contributed by atoms with Crippen molar-refractivity contribution < 1.29 is 9.84 Å². The lowest BCUT2D eigenvalue weighted by Crippen LogP contribution is -1.95. The number of anilines is 2. The topological polar surface area (TPSA) is 67.3 Å². The highest BCUT2D eigenvalue weighted by Crippen LogP contribution is 2.41. The minimum absolute atomic E-state index is 0.230. The minimum atomic E-state index is 0.230. The predicted octanol–water partition coefficient (Wildman–Crippen LogP) is 5.12. The highest BCUT2D eigenvalue weighted by molar-refractivity contribution is 7.19. The summed E-state index contributed by atoms with van der Waals surface area (Å²) in [5, 5.41) is 13.8. The number of aromatic nitrogens is 2. The molecule has 5 nitrogen and oxygen atoms in total. The third-order valence-electron chi connectivity index (χ3n) is 4.17. The number of nitrogens with zero attached hydrogens (tertiary/aromatic N) is 2. The van der Waals surface area contributed by atoms with E-state index in [0.29, 0.717) is 0 Å². The summed E-state index contributed by atoms with van der Waals surface area (Å²) >= 11 is 1.65. The number of hydrogen-bond donors (Lipinski definition) is 2. The van der Waals surface area contributed by atoms with E-state index < -0.39 is 0 Å². The molecule has 0 aliphatic heterocycles. The molecule has 4 rings (SSSR count). The smallest absolute Gasteiger partial charge is 0.143 e. The van der Waals surface area contributed by atoms with Crippen LogP contribution in [-0.4, -0.2) is 22.2 Å². The molecule has 2 heterocycles. The Morgan fingerprint density at radius 1 is 1.00 bits per heavy atom. The zero-order chi connectivity index (χ0) is 18.1. The van der Waals surface area contributed by atoms with E-state index in [9.17, 15) is 5.11 Å². The van der Waals surface area contributed by atoms with E-state index in [-0.39, 0.29) is 5.75 Å². The molecule has 130 valence electrons. The Hall–Kier alpha value is -3.12. The van der Waals surface area contributed by atoms with Crippen molar-refractivity contribution in [2.45, 2.75) is 6.92 Å². The van der Waals surface area contributed by atoms with Crippen LogP contribution in [0.15, 0.2) is 54.9 Å². The Kier molecular flexibility index (Phi) is 4.18. The van der Waals surface area contributed by atoms with Gasteiger partial charge in [-0.25, -0.2) is 9.97 Å². The summed E-state index contributed by atoms with van der Waals surface area (Å²) in [5.74, 6) is 1.80. The zero-order valence-electron chi connectivity index (χ0n) is 14.4. The first-order chi connectivity index (χ1) is 12.7. The maximum Gasteiger partial charge on any atom is 0.143 e. The summed E-state index contributed by atoms with van der Waals surface area (Å²) in [5.41, 5.74) is 3.07. The van der Waals surface area contributed by atoms with E-state index in [1.807, 2.05) is 36.4 Å². The molecular formula is C20H17N3O2S. The molecule has 2 N–H and O–H groups in total. The van der Waals surface area contributed by atoms with Gasteiger partial charge in [0, 0.05) is 16.1 Å². The second-order valence-corrected chi connectivity index (χ2v) is 7.04. The number of aryl methyl sites for hydroxylation is 1. The van der Waals surface area contributed by atoms with Gasteiger partial charge in [-0.1, -0.05) is 12.1 Å². The van der Waals surface area contributed by atoms with Crippen LogP contribution >= 0.6 is 11.3 Å². The fraction of sp³-hybridized carbons (Fsp3) is 0.100. The lowest BCUT2D eigenvalue weighted by Gasteiger charge is -2.09. The molecule has 0 radical (unpaired) electrons. The molecule has 2 aromatic heterocycles. The zero-order valence-corrected chi connectivity index (χ0v) is 15.2. The lowest BCUT2D eigenvalue weighted by molar-refractivity contribution is 0.415. The summed E-state index contributed by atoms with van der Waals surface area (Å²) in [6.45, 7) is 2.09. The molecule has 0 spiro atoms. The molecule has 0 amide bonds. The number of aromatic hydroxyl groups is 1. The van der Waals surface area contributed by atoms with Crippen LogP contribution in [0.3, 0.4) is 0 Å². The number of phenolic OH excluding ortho intramolecular Hbond substituents is 1. The number of fused-ring (bicyclic) bond motifs is 1. The van der Waals surface area contributed by atoms with Gasteiger partial charge < -0.3 is 15.2 Å². The molecule has 0 atom stereocenters. The molecule has 26 heavy (non-hydrogen) atoms. The summed E-state index contributed by atoms with van der Waals surface area (Å²) in [4.78, 5) is 11.0. The molecule has 4 aromatic rings. The highest BCUT2D eigenvalue weighted by Gasteiger charge is 2.17. The fourth-order valence-corrected chi connectivity index (χ4v) is 3.94. The monoisotopic (exact) mass is 363 g/mol. The maximum absolute atomic E-state index is 9.47. The summed E-state index contributed by atoms with van der Waals surface area (Å²) < 4.78 is 5.26. The first-order valence-corrected chi connectivity index (χ1v) is 8.92. The third kappa shape index (κ3) is 2.95. The molecule has 0 saturated carbocycles. The van der Waals surface area contributed by atoms with Gasteiger partial charge in [-0.05, 0) is 48.9 Å². The Labute approximate surface area is 154 Å². The van der Waals surface area contributed by atoms with Crippen LogP contribution in [0.5, 0.6) is 11.5 Å². The summed E-state index contributed by atoms with van der Waals surface area (Å²) in [7, 11) is 1.66. The minimum Gasteiger partial charge on any atom is -0.508 e. The number of benzene rings is 2. The SMILES string of the molecule is COc1ccc(-c2c(C)sc3ncnc(Nc4ccc(O)cc4)c23)cc1. The van der Waals surface area contributed by atoms with Crippen LogP contribution in [-0.2, 0) is 0 Å². The van der Waals surface area contributed by atoms with Crippen LogP contribution in [0.2, 0.25) is 0 Å². The van der Waals surface area contributed by atoms with E-state index in [1.165, 1.54) is 4.88 Å².